The number of pyridine rings is 2. The van der Waals surface area contributed by atoms with Crippen LogP contribution < -0.4 is 0 Å². The number of nitrogens with zero attached hydrogens (tertiary/aromatic N) is 6. The summed E-state index contributed by atoms with van der Waals surface area (Å²) in [6.45, 7) is 0. The van der Waals surface area contributed by atoms with Crippen molar-refractivity contribution in [2.75, 3.05) is 0 Å². The average Bonchev–Trinajstić information content (AvgIpc) is 0.897. The topological polar surface area (TPSA) is 104 Å². The summed E-state index contributed by atoms with van der Waals surface area (Å²) in [5.41, 5.74) is 3.91. The Morgan fingerprint density at radius 3 is 0.937 bits per heavy atom. The fourth-order valence-corrected chi connectivity index (χ4v) is 14.5. The molecule has 0 radical (unpaired) electrons. The van der Waals surface area contributed by atoms with Gasteiger partial charge in [0.15, 0.2) is 0 Å². The molecule has 0 saturated heterocycles. The second-order valence-electron chi connectivity index (χ2n) is 28.0. The highest BCUT2D eigenvalue weighted by atomic mass is 32.1. The molecule has 0 bridgehead atoms. The minimum absolute atomic E-state index is 0.949. The van der Waals surface area contributed by atoms with Crippen molar-refractivity contribution in [3.63, 3.8) is 0 Å². The summed E-state index contributed by atoms with van der Waals surface area (Å²) in [6.07, 6.45) is 29.7. The van der Waals surface area contributed by atoms with Crippen molar-refractivity contribution in [3.8, 4) is 0 Å². The maximum atomic E-state index is 5.12. The average molecular weight is 1680 g/mol. The highest BCUT2D eigenvalue weighted by molar-refractivity contribution is 7.17. The van der Waals surface area contributed by atoms with Crippen molar-refractivity contribution in [3.05, 3.63) is 558 Å². The highest BCUT2D eigenvalue weighted by Crippen LogP contribution is 2.32. The predicted octanol–water partition coefficient (Wildman–Crippen LogP) is 32.9. The minimum atomic E-state index is 0.949. The Hall–Kier alpha value is -16.2. The van der Waals surface area contributed by atoms with E-state index in [0.717, 1.165) is 33.9 Å². The van der Waals surface area contributed by atoms with E-state index in [2.05, 4.69) is 349 Å². The molecular formula is C117H94N6O2S2. The summed E-state index contributed by atoms with van der Waals surface area (Å²) in [4.78, 5) is 23.6. The van der Waals surface area contributed by atoms with E-state index in [1.165, 1.54) is 102 Å². The van der Waals surface area contributed by atoms with Crippen LogP contribution in [0.1, 0.15) is 6.42 Å². The van der Waals surface area contributed by atoms with Crippen molar-refractivity contribution < 1.29 is 8.83 Å². The SMILES string of the molecule is C1=CCC=C1.c1ccc2c(c1)ccc1c3ccccc3ccc21.c1ccc2c(c1)ccc1ccccc12.c1ccc2cc3ccccc3cc2c1.c1ccc2ccccc2c1.c1ccc2ncccc2c1.c1ccc2nccnc2c1.c1ccc2occc2c1.c1ccc2sccc2c1.c1ccccc1.c1ccncc1.c1ccoc1.c1ccsc1.c1cnccn1. The van der Waals surface area contributed by atoms with Crippen LogP contribution >= 0.6 is 22.7 Å². The van der Waals surface area contributed by atoms with Crippen molar-refractivity contribution in [2.24, 2.45) is 0 Å². The number of hydrogen-bond donors (Lipinski definition) is 0. The number of thiophene rings is 2. The summed E-state index contributed by atoms with van der Waals surface area (Å²) >= 11 is 3.50. The third kappa shape index (κ3) is 29.0. The lowest BCUT2D eigenvalue weighted by Gasteiger charge is -2.07. The van der Waals surface area contributed by atoms with Gasteiger partial charge in [0.1, 0.15) is 5.58 Å². The molecule has 8 aromatic heterocycles. The Labute approximate surface area is 749 Å². The van der Waals surface area contributed by atoms with Crippen LogP contribution in [-0.4, -0.2) is 29.9 Å². The molecule has 0 amide bonds. The first kappa shape index (κ1) is 88.5. The molecule has 616 valence electrons. The van der Waals surface area contributed by atoms with Crippen molar-refractivity contribution in [1.29, 1.82) is 0 Å². The summed E-state index contributed by atoms with van der Waals surface area (Å²) in [5.74, 6) is 0. The van der Waals surface area contributed by atoms with Gasteiger partial charge in [0.05, 0.1) is 35.3 Å². The molecule has 0 saturated carbocycles. The van der Waals surface area contributed by atoms with Crippen LogP contribution in [0.5, 0.6) is 0 Å². The molecule has 0 fully saturated rings. The third-order valence-corrected chi connectivity index (χ3v) is 20.9. The Morgan fingerprint density at radius 2 is 0.559 bits per heavy atom. The van der Waals surface area contributed by atoms with Gasteiger partial charge in [-0.25, -0.2) is 0 Å². The number of aromatic nitrogens is 6. The standard InChI is InChI=1S/C18H12.2C14H10.C10H8.C9H7N.C8H6N2.C8H6O.C8H6S.C6H6.C5H5N.C5H6.C4H4N2.C4H4O.C4H4S/c1-3-7-15-13(5-1)9-11-18-16-8-4-2-6-14(16)10-12-17(15)18;1-3-7-13-11(5-1)9-10-12-6-2-4-8-14(12)13;1-2-6-12-10-14-8-4-3-7-13(14)9-11(12)5-1;1-2-6-10-8-4-3-7-9(10)5-1;1-2-6-9-8(4-1)5-3-7-10-9;1-2-4-8-7(3-1)9-5-6-10-8;2*1-2-4-8-7(3-1)5-6-9-8;2*1-2-4-6-5-3-1;1-2-4-5-3-1;1-2-6-4-3-5-1;2*1-2-4-5-3-1/h1-12H;2*1-10H;1-8H;1-7H;1-6H;2*1-6H;1-6H;1-5H;1-4H,5H2;1-4H;2*1-4H. The molecule has 1 aliphatic rings. The molecule has 0 aliphatic heterocycles. The first-order chi connectivity index (χ1) is 63.1. The smallest absolute Gasteiger partial charge is 0.133 e. The lowest BCUT2D eigenvalue weighted by Crippen LogP contribution is -1.79. The number of benzene rings is 17. The van der Waals surface area contributed by atoms with Gasteiger partial charge in [-0.3, -0.25) is 29.9 Å². The summed E-state index contributed by atoms with van der Waals surface area (Å²) < 4.78 is 11.1. The molecular weight excluding hydrogens is 1590 g/mol. The number of rotatable bonds is 0. The van der Waals surface area contributed by atoms with Crippen LogP contribution in [0.3, 0.4) is 0 Å². The van der Waals surface area contributed by atoms with E-state index in [4.69, 9.17) is 4.42 Å². The second-order valence-corrected chi connectivity index (χ2v) is 29.7. The molecule has 127 heavy (non-hydrogen) atoms. The van der Waals surface area contributed by atoms with E-state index in [1.54, 1.807) is 91.0 Å². The lowest BCUT2D eigenvalue weighted by atomic mass is 9.97. The molecule has 0 N–H and O–H groups in total. The molecule has 0 unspecified atom stereocenters. The van der Waals surface area contributed by atoms with Gasteiger partial charge < -0.3 is 8.83 Å². The molecule has 26 rings (SSSR count). The Bertz CT molecular complexity index is 6450. The van der Waals surface area contributed by atoms with Crippen LogP contribution in [-0.2, 0) is 0 Å². The lowest BCUT2D eigenvalue weighted by molar-refractivity contribution is 0.567. The zero-order valence-corrected chi connectivity index (χ0v) is 71.8. The van der Waals surface area contributed by atoms with E-state index in [0.29, 0.717) is 0 Å². The van der Waals surface area contributed by atoms with Gasteiger partial charge in [-0.15, -0.1) is 11.3 Å². The Balaban J connectivity index is 0.000000119. The van der Waals surface area contributed by atoms with Crippen LogP contribution in [0.2, 0.25) is 0 Å². The van der Waals surface area contributed by atoms with Crippen LogP contribution in [0.4, 0.5) is 0 Å². The molecule has 8 nitrogen and oxygen atoms in total. The fourth-order valence-electron chi connectivity index (χ4n) is 13.3. The molecule has 0 spiro atoms. The molecule has 25 aromatic rings. The number of fused-ring (bicyclic) bond motifs is 15. The fraction of sp³-hybridized carbons (Fsp3) is 0.00855. The van der Waals surface area contributed by atoms with Crippen LogP contribution in [0.15, 0.2) is 567 Å². The number of allylic oxidation sites excluding steroid dienone is 4. The number of para-hydroxylation sites is 4. The first-order valence-electron chi connectivity index (χ1n) is 41.7. The largest absolute Gasteiger partial charge is 0.473 e. The zero-order chi connectivity index (χ0) is 86.7. The predicted molar refractivity (Wildman–Crippen MR) is 544 cm³/mol. The van der Waals surface area contributed by atoms with Crippen molar-refractivity contribution in [1.82, 2.24) is 29.9 Å². The third-order valence-electron chi connectivity index (χ3n) is 19.4. The van der Waals surface area contributed by atoms with Crippen LogP contribution in [0.25, 0.3) is 129 Å². The van der Waals surface area contributed by atoms with Gasteiger partial charge in [0.25, 0.3) is 0 Å². The number of hydrogen-bond acceptors (Lipinski definition) is 10. The molecule has 17 aromatic carbocycles. The van der Waals surface area contributed by atoms with Crippen molar-refractivity contribution in [2.45, 2.75) is 6.42 Å². The van der Waals surface area contributed by atoms with E-state index in [-0.39, 0.29) is 0 Å². The quantitative estimate of drug-likeness (QED) is 0.109. The second kappa shape index (κ2) is 51.5. The van der Waals surface area contributed by atoms with E-state index in [9.17, 15) is 0 Å². The maximum absolute atomic E-state index is 5.12. The minimum Gasteiger partial charge on any atom is -0.473 e. The normalized spacial score (nSPS) is 10.3. The highest BCUT2D eigenvalue weighted by Gasteiger charge is 2.05. The number of furan rings is 2. The molecule has 8 heterocycles. The van der Waals surface area contributed by atoms with E-state index >= 15 is 0 Å². The van der Waals surface area contributed by atoms with Gasteiger partial charge in [-0.2, -0.15) is 11.3 Å². The molecule has 1 aliphatic carbocycles. The zero-order valence-electron chi connectivity index (χ0n) is 70.1. The Morgan fingerprint density at radius 1 is 0.205 bits per heavy atom. The molecule has 0 atom stereocenters. The van der Waals surface area contributed by atoms with Gasteiger partial charge >= 0.3 is 0 Å². The first-order valence-corrected chi connectivity index (χ1v) is 43.6. The van der Waals surface area contributed by atoms with Gasteiger partial charge in [0, 0.05) is 71.2 Å². The molecule has 10 heteroatoms. The maximum Gasteiger partial charge on any atom is 0.133 e. The van der Waals surface area contributed by atoms with Crippen molar-refractivity contribution >= 4 is 152 Å². The van der Waals surface area contributed by atoms with Gasteiger partial charge in [-0.05, 0) is 199 Å². The van der Waals surface area contributed by atoms with E-state index in [1.807, 2.05) is 175 Å². The summed E-state index contributed by atoms with van der Waals surface area (Å²) in [6, 6.07) is 151. The monoisotopic (exact) mass is 1680 g/mol. The Kier molecular flexibility index (Phi) is 35.9. The summed E-state index contributed by atoms with van der Waals surface area (Å²) in [7, 11) is 0. The van der Waals surface area contributed by atoms with Crippen LogP contribution in [0, 0.1) is 0 Å². The van der Waals surface area contributed by atoms with Gasteiger partial charge in [0.2, 0.25) is 0 Å². The van der Waals surface area contributed by atoms with E-state index < -0.39 is 0 Å². The van der Waals surface area contributed by atoms with Gasteiger partial charge in [-0.1, -0.05) is 382 Å². The summed E-state index contributed by atoms with van der Waals surface area (Å²) in [5, 5.41) is 31.0.